The highest BCUT2D eigenvalue weighted by Crippen LogP contribution is 2.25. The lowest BCUT2D eigenvalue weighted by Crippen LogP contribution is -2.37. The summed E-state index contributed by atoms with van der Waals surface area (Å²) in [5.74, 6) is -0.415. The van der Waals surface area contributed by atoms with E-state index in [9.17, 15) is 14.9 Å². The number of non-ortho nitro benzene ring substituents is 1. The van der Waals surface area contributed by atoms with Crippen molar-refractivity contribution in [1.82, 2.24) is 4.90 Å². The number of benzene rings is 1. The summed E-state index contributed by atoms with van der Waals surface area (Å²) >= 11 is 0. The number of methoxy groups -OCH3 is 1. The Morgan fingerprint density at radius 2 is 2.20 bits per heavy atom. The van der Waals surface area contributed by atoms with Crippen molar-refractivity contribution in [3.05, 3.63) is 33.9 Å². The number of rotatable bonds is 7. The van der Waals surface area contributed by atoms with Crippen LogP contribution in [0.4, 0.5) is 5.69 Å². The SMILES string of the molecule is CCC(C(=O)O)N(C)Cc1cc([N+](=O)[O-])ccc1OC. The third-order valence-electron chi connectivity index (χ3n) is 3.10. The van der Waals surface area contributed by atoms with Crippen LogP contribution >= 0.6 is 0 Å². The average molecular weight is 282 g/mol. The molecule has 1 atom stereocenters. The third-order valence-corrected chi connectivity index (χ3v) is 3.10. The molecule has 20 heavy (non-hydrogen) atoms. The highest BCUT2D eigenvalue weighted by atomic mass is 16.6. The zero-order valence-electron chi connectivity index (χ0n) is 11.7. The number of carbonyl (C=O) groups is 1. The fraction of sp³-hybridized carbons (Fsp3) is 0.462. The van der Waals surface area contributed by atoms with Gasteiger partial charge in [0.1, 0.15) is 11.8 Å². The third kappa shape index (κ3) is 3.67. The molecule has 0 saturated heterocycles. The van der Waals surface area contributed by atoms with Crippen LogP contribution in [0.5, 0.6) is 5.75 Å². The van der Waals surface area contributed by atoms with Crippen LogP contribution in [-0.4, -0.2) is 41.1 Å². The van der Waals surface area contributed by atoms with E-state index < -0.39 is 16.9 Å². The average Bonchev–Trinajstić information content (AvgIpc) is 2.38. The van der Waals surface area contributed by atoms with E-state index in [0.29, 0.717) is 17.7 Å². The first-order chi connectivity index (χ1) is 9.40. The zero-order chi connectivity index (χ0) is 15.3. The van der Waals surface area contributed by atoms with Gasteiger partial charge in [0.2, 0.25) is 0 Å². The summed E-state index contributed by atoms with van der Waals surface area (Å²) in [6.07, 6.45) is 0.447. The molecular formula is C13H18N2O5. The van der Waals surface area contributed by atoms with E-state index in [2.05, 4.69) is 0 Å². The quantitative estimate of drug-likeness (QED) is 0.606. The van der Waals surface area contributed by atoms with Gasteiger partial charge in [-0.05, 0) is 19.5 Å². The number of carboxylic acid groups (broad SMARTS) is 1. The molecule has 0 fully saturated rings. The number of likely N-dealkylation sites (N-methyl/N-ethyl adjacent to an activating group) is 1. The summed E-state index contributed by atoms with van der Waals surface area (Å²) in [4.78, 5) is 23.0. The van der Waals surface area contributed by atoms with Crippen molar-refractivity contribution in [2.75, 3.05) is 14.2 Å². The molecular weight excluding hydrogens is 264 g/mol. The topological polar surface area (TPSA) is 92.9 Å². The fourth-order valence-electron chi connectivity index (χ4n) is 2.06. The summed E-state index contributed by atoms with van der Waals surface area (Å²) in [7, 11) is 3.14. The van der Waals surface area contributed by atoms with Gasteiger partial charge in [-0.2, -0.15) is 0 Å². The maximum absolute atomic E-state index is 11.1. The molecule has 0 heterocycles. The van der Waals surface area contributed by atoms with E-state index in [1.165, 1.54) is 25.3 Å². The van der Waals surface area contributed by atoms with Crippen molar-refractivity contribution in [3.63, 3.8) is 0 Å². The van der Waals surface area contributed by atoms with Crippen LogP contribution in [0.3, 0.4) is 0 Å². The predicted octanol–water partition coefficient (Wildman–Crippen LogP) is 1.90. The monoisotopic (exact) mass is 282 g/mol. The van der Waals surface area contributed by atoms with Gasteiger partial charge < -0.3 is 9.84 Å². The highest BCUT2D eigenvalue weighted by Gasteiger charge is 2.22. The summed E-state index contributed by atoms with van der Waals surface area (Å²) < 4.78 is 5.16. The second kappa shape index (κ2) is 6.85. The van der Waals surface area contributed by atoms with Crippen LogP contribution in [0, 0.1) is 10.1 Å². The molecule has 0 bridgehead atoms. The molecule has 1 aromatic carbocycles. The second-order valence-electron chi connectivity index (χ2n) is 4.43. The highest BCUT2D eigenvalue weighted by molar-refractivity contribution is 5.73. The molecule has 0 aliphatic heterocycles. The first-order valence-corrected chi connectivity index (χ1v) is 6.15. The minimum absolute atomic E-state index is 0.0439. The minimum atomic E-state index is -0.917. The normalized spacial score (nSPS) is 12.2. The van der Waals surface area contributed by atoms with Crippen LogP contribution in [0.15, 0.2) is 18.2 Å². The number of ether oxygens (including phenoxy) is 1. The largest absolute Gasteiger partial charge is 0.496 e. The summed E-state index contributed by atoms with van der Waals surface area (Å²) in [6, 6.07) is 3.64. The predicted molar refractivity (Wildman–Crippen MR) is 72.8 cm³/mol. The summed E-state index contributed by atoms with van der Waals surface area (Å²) in [5.41, 5.74) is 0.543. The summed E-state index contributed by atoms with van der Waals surface area (Å²) in [6.45, 7) is 2.04. The molecule has 1 rings (SSSR count). The molecule has 7 heteroatoms. The molecule has 1 unspecified atom stereocenters. The molecule has 0 aromatic heterocycles. The summed E-state index contributed by atoms with van der Waals surface area (Å²) in [5, 5.41) is 19.9. The second-order valence-corrected chi connectivity index (χ2v) is 4.43. The maximum Gasteiger partial charge on any atom is 0.320 e. The van der Waals surface area contributed by atoms with Gasteiger partial charge in [0.15, 0.2) is 0 Å². The Morgan fingerprint density at radius 1 is 1.55 bits per heavy atom. The van der Waals surface area contributed by atoms with Gasteiger partial charge in [-0.3, -0.25) is 19.8 Å². The van der Waals surface area contributed by atoms with Crippen LogP contribution < -0.4 is 4.74 Å². The van der Waals surface area contributed by atoms with Crippen molar-refractivity contribution in [3.8, 4) is 5.75 Å². The Bertz CT molecular complexity index is 504. The Labute approximate surface area is 116 Å². The van der Waals surface area contributed by atoms with Crippen molar-refractivity contribution >= 4 is 11.7 Å². The van der Waals surface area contributed by atoms with Gasteiger partial charge in [-0.15, -0.1) is 0 Å². The molecule has 1 aromatic rings. The van der Waals surface area contributed by atoms with E-state index >= 15 is 0 Å². The van der Waals surface area contributed by atoms with E-state index in [1.54, 1.807) is 18.9 Å². The molecule has 0 saturated carbocycles. The van der Waals surface area contributed by atoms with Crippen LogP contribution in [0.2, 0.25) is 0 Å². The molecule has 0 aliphatic carbocycles. The standard InChI is InChI=1S/C13H18N2O5/c1-4-11(13(16)17)14(2)8-9-7-10(15(18)19)5-6-12(9)20-3/h5-7,11H,4,8H2,1-3H3,(H,16,17). The number of nitrogens with zero attached hydrogens (tertiary/aromatic N) is 2. The van der Waals surface area contributed by atoms with Crippen molar-refractivity contribution in [1.29, 1.82) is 0 Å². The lowest BCUT2D eigenvalue weighted by Gasteiger charge is -2.24. The first kappa shape index (κ1) is 15.9. The van der Waals surface area contributed by atoms with Gasteiger partial charge in [0, 0.05) is 24.2 Å². The fourth-order valence-corrected chi connectivity index (χ4v) is 2.06. The van der Waals surface area contributed by atoms with E-state index in [-0.39, 0.29) is 12.2 Å². The molecule has 0 amide bonds. The van der Waals surface area contributed by atoms with E-state index in [4.69, 9.17) is 9.84 Å². The number of hydrogen-bond donors (Lipinski definition) is 1. The molecule has 1 N–H and O–H groups in total. The zero-order valence-corrected chi connectivity index (χ0v) is 11.7. The Balaban J connectivity index is 3.02. The first-order valence-electron chi connectivity index (χ1n) is 6.15. The van der Waals surface area contributed by atoms with Gasteiger partial charge in [0.25, 0.3) is 5.69 Å². The maximum atomic E-state index is 11.1. The van der Waals surface area contributed by atoms with Gasteiger partial charge >= 0.3 is 5.97 Å². The number of carboxylic acids is 1. The number of aliphatic carboxylic acids is 1. The Morgan fingerprint density at radius 3 is 2.65 bits per heavy atom. The minimum Gasteiger partial charge on any atom is -0.496 e. The smallest absolute Gasteiger partial charge is 0.320 e. The van der Waals surface area contributed by atoms with Crippen molar-refractivity contribution < 1.29 is 19.6 Å². The van der Waals surface area contributed by atoms with Crippen LogP contribution in [0.25, 0.3) is 0 Å². The van der Waals surface area contributed by atoms with Crippen LogP contribution in [0.1, 0.15) is 18.9 Å². The number of nitro groups is 1. The molecule has 0 aliphatic rings. The number of hydrogen-bond acceptors (Lipinski definition) is 5. The van der Waals surface area contributed by atoms with E-state index in [1.807, 2.05) is 0 Å². The van der Waals surface area contributed by atoms with E-state index in [0.717, 1.165) is 0 Å². The van der Waals surface area contributed by atoms with Crippen molar-refractivity contribution in [2.45, 2.75) is 25.9 Å². The number of nitro benzene ring substituents is 1. The van der Waals surface area contributed by atoms with Crippen LogP contribution in [-0.2, 0) is 11.3 Å². The molecule has 110 valence electrons. The van der Waals surface area contributed by atoms with Gasteiger partial charge in [-0.25, -0.2) is 0 Å². The Kier molecular flexibility index (Phi) is 5.45. The van der Waals surface area contributed by atoms with Gasteiger partial charge in [-0.1, -0.05) is 6.92 Å². The van der Waals surface area contributed by atoms with Crippen molar-refractivity contribution in [2.24, 2.45) is 0 Å². The molecule has 7 nitrogen and oxygen atoms in total. The van der Waals surface area contributed by atoms with Gasteiger partial charge in [0.05, 0.1) is 12.0 Å². The Hall–Kier alpha value is -2.15. The lowest BCUT2D eigenvalue weighted by molar-refractivity contribution is -0.384. The molecule has 0 radical (unpaired) electrons. The molecule has 0 spiro atoms. The lowest BCUT2D eigenvalue weighted by atomic mass is 10.1.